The number of primary amides is 1. The molecule has 7 nitrogen and oxygen atoms in total. The Bertz CT molecular complexity index is 640. The fourth-order valence-electron chi connectivity index (χ4n) is 5.54. The van der Waals surface area contributed by atoms with Gasteiger partial charge in [0.2, 0.25) is 17.7 Å². The molecule has 0 aromatic carbocycles. The maximum atomic E-state index is 12.8. The first kappa shape index (κ1) is 19.2. The summed E-state index contributed by atoms with van der Waals surface area (Å²) in [4.78, 5) is 36.4. The number of allylic oxidation sites excluding steroid dienone is 1. The minimum absolute atomic E-state index is 0. The number of hydrogen-bond acceptors (Lipinski definition) is 4. The molecule has 2 bridgehead atoms. The average Bonchev–Trinajstić information content (AvgIpc) is 3.28. The zero-order valence-electron chi connectivity index (χ0n) is 14.7. The molecule has 4 aliphatic rings. The van der Waals surface area contributed by atoms with Crippen LogP contribution >= 0.6 is 12.4 Å². The minimum atomic E-state index is -0.802. The van der Waals surface area contributed by atoms with E-state index < -0.39 is 11.9 Å². The highest BCUT2D eigenvalue weighted by Crippen LogP contribution is 2.57. The van der Waals surface area contributed by atoms with Crippen molar-refractivity contribution in [2.75, 3.05) is 13.1 Å². The van der Waals surface area contributed by atoms with Crippen molar-refractivity contribution in [1.82, 2.24) is 16.0 Å². The van der Waals surface area contributed by atoms with Crippen LogP contribution in [0.15, 0.2) is 12.2 Å². The van der Waals surface area contributed by atoms with Gasteiger partial charge in [-0.1, -0.05) is 12.2 Å². The Morgan fingerprint density at radius 2 is 2.15 bits per heavy atom. The summed E-state index contributed by atoms with van der Waals surface area (Å²) in [7, 11) is 0. The van der Waals surface area contributed by atoms with Crippen LogP contribution in [-0.4, -0.2) is 42.9 Å². The van der Waals surface area contributed by atoms with Gasteiger partial charge in [-0.2, -0.15) is 0 Å². The Labute approximate surface area is 159 Å². The number of halogens is 1. The average molecular weight is 383 g/mol. The molecule has 0 aromatic heterocycles. The van der Waals surface area contributed by atoms with E-state index in [9.17, 15) is 14.4 Å². The smallest absolute Gasteiger partial charge is 0.240 e. The standard InChI is InChI=1S/C18H26N4O3.ClH/c1-8-4-10-5-11(8)14-12(10)7-21-15(14)18(25)22-13(16(19)23)6-9-2-3-20-17(9)24;/h9-15,21H,1-7H2,(H2,19,23)(H,20,24)(H,22,25);1H/t9-,10+,11+,12+,13-,14-,15-;/m0./s1. The summed E-state index contributed by atoms with van der Waals surface area (Å²) >= 11 is 0. The monoisotopic (exact) mass is 382 g/mol. The highest BCUT2D eigenvalue weighted by molar-refractivity contribution is 5.90. The SMILES string of the molecule is C=C1C[C@@H]2C[C@H]1[C@H]1[C@@H]2CN[C@@H]1C(=O)N[C@@H](C[C@@H]1CCNC1=O)C(N)=O.Cl. The summed E-state index contributed by atoms with van der Waals surface area (Å²) in [6.45, 7) is 5.64. The number of nitrogens with one attached hydrogen (secondary N) is 3. The normalized spacial score (nSPS) is 38.5. The molecule has 4 fully saturated rings. The lowest BCUT2D eigenvalue weighted by Crippen LogP contribution is -2.53. The number of fused-ring (bicyclic) bond motifs is 5. The number of rotatable bonds is 5. The molecule has 0 aromatic rings. The number of carbonyl (C=O) groups excluding carboxylic acids is 3. The molecular weight excluding hydrogens is 356 g/mol. The molecular formula is C18H27ClN4O3. The van der Waals surface area contributed by atoms with Gasteiger partial charge in [-0.05, 0) is 55.9 Å². The van der Waals surface area contributed by atoms with Crippen LogP contribution in [-0.2, 0) is 14.4 Å². The van der Waals surface area contributed by atoms with Gasteiger partial charge in [-0.3, -0.25) is 14.4 Å². The fourth-order valence-corrected chi connectivity index (χ4v) is 5.54. The van der Waals surface area contributed by atoms with Crippen LogP contribution in [0.2, 0.25) is 0 Å². The number of hydrogen-bond donors (Lipinski definition) is 4. The van der Waals surface area contributed by atoms with E-state index in [4.69, 9.17) is 5.73 Å². The molecule has 0 unspecified atom stereocenters. The first-order valence-corrected chi connectivity index (χ1v) is 9.24. The van der Waals surface area contributed by atoms with Crippen molar-refractivity contribution >= 4 is 30.1 Å². The van der Waals surface area contributed by atoms with E-state index in [1.54, 1.807) is 0 Å². The van der Waals surface area contributed by atoms with Crippen molar-refractivity contribution in [3.63, 3.8) is 0 Å². The second kappa shape index (κ2) is 7.19. The summed E-state index contributed by atoms with van der Waals surface area (Å²) in [5.74, 6) is 0.770. The van der Waals surface area contributed by atoms with Gasteiger partial charge in [0.15, 0.2) is 0 Å². The maximum Gasteiger partial charge on any atom is 0.240 e. The van der Waals surface area contributed by atoms with Gasteiger partial charge in [-0.25, -0.2) is 0 Å². The van der Waals surface area contributed by atoms with Crippen molar-refractivity contribution in [1.29, 1.82) is 0 Å². The highest BCUT2D eigenvalue weighted by atomic mass is 35.5. The van der Waals surface area contributed by atoms with Crippen molar-refractivity contribution in [3.8, 4) is 0 Å². The molecule has 0 radical (unpaired) electrons. The largest absolute Gasteiger partial charge is 0.368 e. The van der Waals surface area contributed by atoms with Gasteiger partial charge in [0.25, 0.3) is 0 Å². The van der Waals surface area contributed by atoms with Crippen LogP contribution < -0.4 is 21.7 Å². The van der Waals surface area contributed by atoms with E-state index in [2.05, 4.69) is 22.5 Å². The molecule has 7 atom stereocenters. The second-order valence-corrected chi connectivity index (χ2v) is 8.07. The Kier molecular flexibility index (Phi) is 5.30. The Morgan fingerprint density at radius 1 is 1.38 bits per heavy atom. The van der Waals surface area contributed by atoms with E-state index in [0.29, 0.717) is 30.7 Å². The van der Waals surface area contributed by atoms with Gasteiger partial charge in [0, 0.05) is 12.5 Å². The number of amides is 3. The van der Waals surface area contributed by atoms with E-state index in [-0.39, 0.29) is 48.5 Å². The van der Waals surface area contributed by atoms with Crippen molar-refractivity contribution in [3.05, 3.63) is 12.2 Å². The first-order valence-electron chi connectivity index (χ1n) is 9.24. The molecule has 8 heteroatoms. The lowest BCUT2D eigenvalue weighted by atomic mass is 9.76. The summed E-state index contributed by atoms with van der Waals surface area (Å²) in [6, 6.07) is -1.10. The molecule has 0 spiro atoms. The van der Waals surface area contributed by atoms with Gasteiger partial charge >= 0.3 is 0 Å². The third-order valence-corrected chi connectivity index (χ3v) is 6.75. The molecule has 26 heavy (non-hydrogen) atoms. The lowest BCUT2D eigenvalue weighted by Gasteiger charge is -2.29. The van der Waals surface area contributed by atoms with Gasteiger partial charge < -0.3 is 21.7 Å². The van der Waals surface area contributed by atoms with Crippen LogP contribution in [0.3, 0.4) is 0 Å². The third-order valence-electron chi connectivity index (χ3n) is 6.75. The van der Waals surface area contributed by atoms with Gasteiger partial charge in [0.05, 0.1) is 6.04 Å². The van der Waals surface area contributed by atoms with Crippen LogP contribution in [0.5, 0.6) is 0 Å². The first-order chi connectivity index (χ1) is 12.0. The van der Waals surface area contributed by atoms with Crippen molar-refractivity contribution in [2.24, 2.45) is 35.3 Å². The highest BCUT2D eigenvalue weighted by Gasteiger charge is 2.56. The predicted octanol–water partition coefficient (Wildman–Crippen LogP) is -0.295. The topological polar surface area (TPSA) is 113 Å². The van der Waals surface area contributed by atoms with E-state index >= 15 is 0 Å². The Balaban J connectivity index is 0.00000196. The fraction of sp³-hybridized carbons (Fsp3) is 0.722. The van der Waals surface area contributed by atoms with Crippen LogP contribution in [0, 0.1) is 29.6 Å². The van der Waals surface area contributed by atoms with E-state index in [1.165, 1.54) is 5.57 Å². The summed E-state index contributed by atoms with van der Waals surface area (Å²) in [5, 5.41) is 8.90. The number of nitrogens with two attached hydrogens (primary N) is 1. The minimum Gasteiger partial charge on any atom is -0.368 e. The van der Waals surface area contributed by atoms with Crippen LogP contribution in [0.25, 0.3) is 0 Å². The Morgan fingerprint density at radius 3 is 2.81 bits per heavy atom. The predicted molar refractivity (Wildman–Crippen MR) is 98.2 cm³/mol. The van der Waals surface area contributed by atoms with Crippen molar-refractivity contribution in [2.45, 2.75) is 37.8 Å². The molecule has 3 amide bonds. The van der Waals surface area contributed by atoms with Gasteiger partial charge in [-0.15, -0.1) is 12.4 Å². The molecule has 5 N–H and O–H groups in total. The summed E-state index contributed by atoms with van der Waals surface area (Å²) < 4.78 is 0. The third kappa shape index (κ3) is 3.11. The lowest BCUT2D eigenvalue weighted by molar-refractivity contribution is -0.130. The quantitative estimate of drug-likeness (QED) is 0.489. The second-order valence-electron chi connectivity index (χ2n) is 8.07. The summed E-state index contributed by atoms with van der Waals surface area (Å²) in [5.41, 5.74) is 6.74. The molecule has 2 saturated carbocycles. The molecule has 2 heterocycles. The molecule has 4 rings (SSSR count). The van der Waals surface area contributed by atoms with Crippen LogP contribution in [0.4, 0.5) is 0 Å². The molecule has 2 aliphatic carbocycles. The maximum absolute atomic E-state index is 12.8. The molecule has 144 valence electrons. The van der Waals surface area contributed by atoms with Crippen molar-refractivity contribution < 1.29 is 14.4 Å². The van der Waals surface area contributed by atoms with E-state index in [0.717, 1.165) is 19.4 Å². The zero-order valence-corrected chi connectivity index (χ0v) is 15.5. The zero-order chi connectivity index (χ0) is 17.7. The van der Waals surface area contributed by atoms with E-state index in [1.807, 2.05) is 0 Å². The molecule has 2 saturated heterocycles. The molecule has 2 aliphatic heterocycles. The van der Waals surface area contributed by atoms with Gasteiger partial charge in [0.1, 0.15) is 6.04 Å². The number of carbonyl (C=O) groups is 3. The van der Waals surface area contributed by atoms with Crippen LogP contribution in [0.1, 0.15) is 25.7 Å². The summed E-state index contributed by atoms with van der Waals surface area (Å²) in [6.07, 6.45) is 3.17. The Hall–Kier alpha value is -1.60.